The number of hydrogen-bond donors (Lipinski definition) is 1. The number of carboxylic acid groups (broad SMARTS) is 1. The zero-order valence-corrected chi connectivity index (χ0v) is 19.1. The van der Waals surface area contributed by atoms with Gasteiger partial charge in [0.05, 0.1) is 13.0 Å². The van der Waals surface area contributed by atoms with Gasteiger partial charge in [0.1, 0.15) is 5.44 Å². The minimum Gasteiger partial charge on any atom is -0.481 e. The van der Waals surface area contributed by atoms with Crippen molar-refractivity contribution in [2.24, 2.45) is 5.92 Å². The van der Waals surface area contributed by atoms with E-state index in [-0.39, 0.29) is 17.8 Å². The van der Waals surface area contributed by atoms with Crippen LogP contribution in [-0.4, -0.2) is 28.9 Å². The second-order valence-corrected chi connectivity index (χ2v) is 8.40. The van der Waals surface area contributed by atoms with Gasteiger partial charge >= 0.3 is 5.97 Å². The molecule has 0 saturated carbocycles. The fourth-order valence-corrected chi connectivity index (χ4v) is 3.97. The monoisotopic (exact) mass is 430 g/mol. The van der Waals surface area contributed by atoms with E-state index in [1.54, 1.807) is 11.8 Å². The van der Waals surface area contributed by atoms with Crippen molar-refractivity contribution in [1.29, 1.82) is 0 Å². The summed E-state index contributed by atoms with van der Waals surface area (Å²) < 4.78 is 5.61. The van der Waals surface area contributed by atoms with Gasteiger partial charge in [-0.2, -0.15) is 0 Å². The van der Waals surface area contributed by atoms with Crippen LogP contribution in [0.15, 0.2) is 72.9 Å². The first kappa shape index (κ1) is 26.3. The highest BCUT2D eigenvalue weighted by Gasteiger charge is 2.21. The molecule has 0 amide bonds. The SMILES string of the molecule is CCC=CCC=CCC=CCC=CCC=CCC=CC(CC(=O)O)CC1OCCS1. The Bertz CT molecular complexity index is 608. The first-order valence-electron chi connectivity index (χ1n) is 11.1. The van der Waals surface area contributed by atoms with Crippen LogP contribution in [0.3, 0.4) is 0 Å². The lowest BCUT2D eigenvalue weighted by Gasteiger charge is -2.14. The molecule has 0 spiro atoms. The number of allylic oxidation sites excluding steroid dienone is 12. The third-order valence-corrected chi connectivity index (χ3v) is 5.56. The van der Waals surface area contributed by atoms with Crippen LogP contribution in [0.1, 0.15) is 58.3 Å². The van der Waals surface area contributed by atoms with Crippen LogP contribution < -0.4 is 0 Å². The molecule has 1 heterocycles. The molecular formula is C26H38O3S. The van der Waals surface area contributed by atoms with Gasteiger partial charge in [0.25, 0.3) is 0 Å². The van der Waals surface area contributed by atoms with E-state index in [4.69, 9.17) is 9.84 Å². The van der Waals surface area contributed by atoms with Crippen LogP contribution in [0.4, 0.5) is 0 Å². The maximum Gasteiger partial charge on any atom is 0.303 e. The number of ether oxygens (including phenoxy) is 1. The summed E-state index contributed by atoms with van der Waals surface area (Å²) in [6.45, 7) is 2.93. The molecule has 0 aromatic carbocycles. The van der Waals surface area contributed by atoms with E-state index in [0.29, 0.717) is 0 Å². The molecule has 30 heavy (non-hydrogen) atoms. The molecule has 0 aromatic rings. The van der Waals surface area contributed by atoms with Crippen LogP contribution in [0.2, 0.25) is 0 Å². The zero-order chi connectivity index (χ0) is 21.7. The Labute approximate surface area is 187 Å². The van der Waals surface area contributed by atoms with Crippen molar-refractivity contribution in [2.45, 2.75) is 63.7 Å². The van der Waals surface area contributed by atoms with Crippen molar-refractivity contribution in [3.63, 3.8) is 0 Å². The van der Waals surface area contributed by atoms with Gasteiger partial charge in [-0.25, -0.2) is 0 Å². The van der Waals surface area contributed by atoms with Crippen molar-refractivity contribution >= 4 is 17.7 Å². The van der Waals surface area contributed by atoms with E-state index in [1.165, 1.54) is 0 Å². The minimum atomic E-state index is -0.748. The molecule has 0 bridgehead atoms. The van der Waals surface area contributed by atoms with Crippen molar-refractivity contribution in [2.75, 3.05) is 12.4 Å². The molecule has 2 atom stereocenters. The third-order valence-electron chi connectivity index (χ3n) is 4.46. The highest BCUT2D eigenvalue weighted by molar-refractivity contribution is 7.99. The van der Waals surface area contributed by atoms with Crippen LogP contribution in [0.5, 0.6) is 0 Å². The van der Waals surface area contributed by atoms with Crippen molar-refractivity contribution in [1.82, 2.24) is 0 Å². The Morgan fingerprint density at radius 3 is 1.83 bits per heavy atom. The number of rotatable bonds is 16. The van der Waals surface area contributed by atoms with Gasteiger partial charge in [0.15, 0.2) is 0 Å². The summed E-state index contributed by atoms with van der Waals surface area (Å²) in [7, 11) is 0. The number of carbonyl (C=O) groups is 1. The zero-order valence-electron chi connectivity index (χ0n) is 18.3. The van der Waals surface area contributed by atoms with Crippen molar-refractivity contribution in [3.8, 4) is 0 Å². The summed E-state index contributed by atoms with van der Waals surface area (Å²) in [5.41, 5.74) is 0.146. The lowest BCUT2D eigenvalue weighted by molar-refractivity contribution is -0.137. The fraction of sp³-hybridized carbons (Fsp3) is 0.500. The van der Waals surface area contributed by atoms with Crippen LogP contribution in [-0.2, 0) is 9.53 Å². The Kier molecular flexibility index (Phi) is 16.8. The smallest absolute Gasteiger partial charge is 0.303 e. The number of thioether (sulfide) groups is 1. The van der Waals surface area contributed by atoms with E-state index in [0.717, 1.165) is 57.3 Å². The summed E-state index contributed by atoms with van der Waals surface area (Å²) in [6, 6.07) is 0. The fourth-order valence-electron chi connectivity index (χ4n) is 2.94. The summed E-state index contributed by atoms with van der Waals surface area (Å²) >= 11 is 1.78. The van der Waals surface area contributed by atoms with E-state index in [2.05, 4.69) is 73.8 Å². The normalized spacial score (nSPS) is 19.0. The van der Waals surface area contributed by atoms with Gasteiger partial charge in [-0.1, -0.05) is 79.8 Å². The molecule has 166 valence electrons. The molecule has 1 aliphatic heterocycles. The van der Waals surface area contributed by atoms with Crippen molar-refractivity contribution < 1.29 is 14.6 Å². The van der Waals surface area contributed by atoms with E-state index in [1.807, 2.05) is 6.08 Å². The maximum atomic E-state index is 11.1. The molecule has 1 rings (SSSR count). The average molecular weight is 431 g/mol. The van der Waals surface area contributed by atoms with Gasteiger partial charge < -0.3 is 9.84 Å². The summed E-state index contributed by atoms with van der Waals surface area (Å²) in [6.07, 6.45) is 32.8. The van der Waals surface area contributed by atoms with Gasteiger partial charge in [0, 0.05) is 5.75 Å². The molecule has 0 aromatic heterocycles. The summed E-state index contributed by atoms with van der Waals surface area (Å²) in [5, 5.41) is 9.09. The Morgan fingerprint density at radius 1 is 0.900 bits per heavy atom. The Balaban J connectivity index is 2.12. The molecule has 4 heteroatoms. The molecule has 1 saturated heterocycles. The average Bonchev–Trinajstić information content (AvgIpc) is 3.23. The Morgan fingerprint density at radius 2 is 1.40 bits per heavy atom. The van der Waals surface area contributed by atoms with Crippen molar-refractivity contribution in [3.05, 3.63) is 72.9 Å². The highest BCUT2D eigenvalue weighted by atomic mass is 32.2. The molecule has 0 aliphatic carbocycles. The lowest BCUT2D eigenvalue weighted by Crippen LogP contribution is -2.12. The molecule has 3 nitrogen and oxygen atoms in total. The topological polar surface area (TPSA) is 46.5 Å². The van der Waals surface area contributed by atoms with E-state index < -0.39 is 5.97 Å². The Hall–Kier alpha value is -1.78. The van der Waals surface area contributed by atoms with Gasteiger partial charge in [-0.05, 0) is 50.9 Å². The standard InChI is InChI=1S/C26H38O3S/c1-2-3-4-5-6-7-8-9-10-11-12-13-14-15-16-17-18-19-24(22-25(27)28)23-26-29-20-21-30-26/h3-4,6-7,9-10,12-13,15-16,18-19,24,26H,2,5,8,11,14,17,20-23H2,1H3,(H,27,28). The highest BCUT2D eigenvalue weighted by Crippen LogP contribution is 2.28. The predicted octanol–water partition coefficient (Wildman–Crippen LogP) is 7.25. The molecule has 1 fully saturated rings. The number of carboxylic acids is 1. The van der Waals surface area contributed by atoms with Crippen LogP contribution in [0, 0.1) is 5.92 Å². The second kappa shape index (κ2) is 19.2. The third kappa shape index (κ3) is 16.1. The van der Waals surface area contributed by atoms with Gasteiger partial charge in [-0.15, -0.1) is 11.8 Å². The van der Waals surface area contributed by atoms with Gasteiger partial charge in [0.2, 0.25) is 0 Å². The first-order chi connectivity index (χ1) is 14.7. The van der Waals surface area contributed by atoms with Gasteiger partial charge in [-0.3, -0.25) is 4.79 Å². The largest absolute Gasteiger partial charge is 0.481 e. The summed E-state index contributed by atoms with van der Waals surface area (Å²) in [4.78, 5) is 11.1. The quantitative estimate of drug-likeness (QED) is 0.262. The van der Waals surface area contributed by atoms with E-state index in [9.17, 15) is 4.79 Å². The van der Waals surface area contributed by atoms with E-state index >= 15 is 0 Å². The second-order valence-electron chi connectivity index (χ2n) is 7.14. The molecule has 1 N–H and O–H groups in total. The van der Waals surface area contributed by atoms with Crippen LogP contribution in [0.25, 0.3) is 0 Å². The number of aliphatic carboxylic acids is 1. The number of hydrogen-bond acceptors (Lipinski definition) is 3. The molecule has 1 aliphatic rings. The maximum absolute atomic E-state index is 11.1. The molecule has 0 radical (unpaired) electrons. The minimum absolute atomic E-state index is 0.0424. The molecule has 2 unspecified atom stereocenters. The van der Waals surface area contributed by atoms with Crippen LogP contribution >= 0.6 is 11.8 Å². The predicted molar refractivity (Wildman–Crippen MR) is 131 cm³/mol. The summed E-state index contributed by atoms with van der Waals surface area (Å²) in [5.74, 6) is 0.303. The lowest BCUT2D eigenvalue weighted by atomic mass is 10.0. The molecular weight excluding hydrogens is 392 g/mol. The first-order valence-corrected chi connectivity index (χ1v) is 12.1.